The van der Waals surface area contributed by atoms with Crippen molar-refractivity contribution in [3.63, 3.8) is 0 Å². The smallest absolute Gasteiger partial charge is 0.237 e. The van der Waals surface area contributed by atoms with Gasteiger partial charge in [0.15, 0.2) is 0 Å². The first-order valence-electron chi connectivity index (χ1n) is 9.63. The average molecular weight is 399 g/mol. The lowest BCUT2D eigenvalue weighted by molar-refractivity contribution is -0.116. The van der Waals surface area contributed by atoms with Gasteiger partial charge < -0.3 is 10.6 Å². The second kappa shape index (κ2) is 10.3. The van der Waals surface area contributed by atoms with Gasteiger partial charge in [0.05, 0.1) is 5.25 Å². The topological polar surface area (TPSA) is 58.2 Å². The van der Waals surface area contributed by atoms with Crippen LogP contribution in [0.1, 0.15) is 42.0 Å². The summed E-state index contributed by atoms with van der Waals surface area (Å²) in [5.74, 6) is 0.778. The van der Waals surface area contributed by atoms with Crippen LogP contribution in [0.3, 0.4) is 0 Å². The molecule has 2 amide bonds. The van der Waals surface area contributed by atoms with Crippen LogP contribution < -0.4 is 10.6 Å². The largest absolute Gasteiger partial charge is 0.326 e. The SMILES string of the molecule is Cc1cccc(NC(=O)C(C)SCCCC(=O)Nc2c(C)cc(C)cc2C)c1. The van der Waals surface area contributed by atoms with Crippen LogP contribution in [0, 0.1) is 27.7 Å². The van der Waals surface area contributed by atoms with Gasteiger partial charge in [-0.15, -0.1) is 11.8 Å². The zero-order chi connectivity index (χ0) is 20.7. The number of hydrogen-bond donors (Lipinski definition) is 2. The second-order valence-electron chi connectivity index (χ2n) is 7.30. The van der Waals surface area contributed by atoms with Gasteiger partial charge in [0.25, 0.3) is 0 Å². The average Bonchev–Trinajstić information content (AvgIpc) is 2.61. The van der Waals surface area contributed by atoms with E-state index in [-0.39, 0.29) is 17.1 Å². The molecule has 0 aliphatic rings. The van der Waals surface area contributed by atoms with Crippen LogP contribution in [0.5, 0.6) is 0 Å². The van der Waals surface area contributed by atoms with Gasteiger partial charge in [-0.3, -0.25) is 9.59 Å². The first-order valence-corrected chi connectivity index (χ1v) is 10.7. The molecule has 2 aromatic carbocycles. The van der Waals surface area contributed by atoms with Gasteiger partial charge in [-0.1, -0.05) is 29.8 Å². The molecule has 2 N–H and O–H groups in total. The molecule has 0 saturated carbocycles. The second-order valence-corrected chi connectivity index (χ2v) is 8.75. The minimum atomic E-state index is -0.162. The molecule has 1 unspecified atom stereocenters. The van der Waals surface area contributed by atoms with E-state index in [0.29, 0.717) is 6.42 Å². The Morgan fingerprint density at radius 3 is 2.29 bits per heavy atom. The molecule has 0 fully saturated rings. The summed E-state index contributed by atoms with van der Waals surface area (Å²) < 4.78 is 0. The standard InChI is InChI=1S/C23H30N2O2S/c1-15-8-6-9-20(14-15)24-23(27)19(5)28-11-7-10-21(26)25-22-17(3)12-16(2)13-18(22)4/h6,8-9,12-14,19H,7,10-11H2,1-5H3,(H,24,27)(H,25,26). The van der Waals surface area contributed by atoms with Gasteiger partial charge in [-0.25, -0.2) is 0 Å². The lowest BCUT2D eigenvalue weighted by Crippen LogP contribution is -2.23. The van der Waals surface area contributed by atoms with Crippen LogP contribution in [-0.2, 0) is 9.59 Å². The highest BCUT2D eigenvalue weighted by molar-refractivity contribution is 8.00. The first-order chi connectivity index (χ1) is 13.3. The number of hydrogen-bond acceptors (Lipinski definition) is 3. The number of aryl methyl sites for hydroxylation is 4. The summed E-state index contributed by atoms with van der Waals surface area (Å²) in [6.45, 7) is 9.98. The third kappa shape index (κ3) is 6.71. The Hall–Kier alpha value is -2.27. The Morgan fingerprint density at radius 2 is 1.64 bits per heavy atom. The van der Waals surface area contributed by atoms with Crippen molar-refractivity contribution in [2.45, 2.75) is 52.7 Å². The van der Waals surface area contributed by atoms with Crippen molar-refractivity contribution in [2.75, 3.05) is 16.4 Å². The Kier molecular flexibility index (Phi) is 8.12. The fourth-order valence-electron chi connectivity index (χ4n) is 3.11. The highest BCUT2D eigenvalue weighted by Crippen LogP contribution is 2.22. The predicted octanol–water partition coefficient (Wildman–Crippen LogP) is 5.40. The van der Waals surface area contributed by atoms with Crippen molar-refractivity contribution in [1.82, 2.24) is 0 Å². The molecule has 0 spiro atoms. The Morgan fingerprint density at radius 1 is 0.964 bits per heavy atom. The van der Waals surface area contributed by atoms with Crippen molar-refractivity contribution in [1.29, 1.82) is 0 Å². The van der Waals surface area contributed by atoms with E-state index in [4.69, 9.17) is 0 Å². The van der Waals surface area contributed by atoms with Gasteiger partial charge in [0.2, 0.25) is 11.8 Å². The number of amides is 2. The summed E-state index contributed by atoms with van der Waals surface area (Å²) >= 11 is 1.57. The molecule has 2 aromatic rings. The molecule has 4 nitrogen and oxygen atoms in total. The first kappa shape index (κ1) is 22.0. The highest BCUT2D eigenvalue weighted by Gasteiger charge is 2.14. The van der Waals surface area contributed by atoms with Gasteiger partial charge in [-0.2, -0.15) is 0 Å². The third-order valence-corrected chi connectivity index (χ3v) is 5.75. The van der Waals surface area contributed by atoms with Crippen molar-refractivity contribution in [2.24, 2.45) is 0 Å². The van der Waals surface area contributed by atoms with E-state index < -0.39 is 0 Å². The zero-order valence-corrected chi connectivity index (χ0v) is 18.2. The normalized spacial score (nSPS) is 11.8. The lowest BCUT2D eigenvalue weighted by Gasteiger charge is -2.14. The molecule has 1 atom stereocenters. The molecular weight excluding hydrogens is 368 g/mol. The number of carbonyl (C=O) groups excluding carboxylic acids is 2. The summed E-state index contributed by atoms with van der Waals surface area (Å²) in [6.07, 6.45) is 1.19. The van der Waals surface area contributed by atoms with E-state index in [9.17, 15) is 9.59 Å². The van der Waals surface area contributed by atoms with Crippen LogP contribution in [0.2, 0.25) is 0 Å². The Balaban J connectivity index is 1.73. The van der Waals surface area contributed by atoms with Crippen molar-refractivity contribution < 1.29 is 9.59 Å². The number of nitrogens with one attached hydrogen (secondary N) is 2. The quantitative estimate of drug-likeness (QED) is 0.585. The molecule has 28 heavy (non-hydrogen) atoms. The Bertz CT molecular complexity index is 825. The van der Waals surface area contributed by atoms with Gasteiger partial charge >= 0.3 is 0 Å². The fraction of sp³-hybridized carbons (Fsp3) is 0.391. The maximum absolute atomic E-state index is 12.3. The monoisotopic (exact) mass is 398 g/mol. The van der Waals surface area contributed by atoms with Crippen molar-refractivity contribution in [3.8, 4) is 0 Å². The number of benzene rings is 2. The maximum Gasteiger partial charge on any atom is 0.237 e. The predicted molar refractivity (Wildman–Crippen MR) is 120 cm³/mol. The molecule has 0 aliphatic heterocycles. The van der Waals surface area contributed by atoms with Crippen molar-refractivity contribution in [3.05, 3.63) is 58.7 Å². The van der Waals surface area contributed by atoms with E-state index in [1.807, 2.05) is 52.0 Å². The molecule has 0 aliphatic carbocycles. The van der Waals surface area contributed by atoms with E-state index in [2.05, 4.69) is 29.7 Å². The van der Waals surface area contributed by atoms with Gasteiger partial charge in [0.1, 0.15) is 0 Å². The molecule has 0 saturated heterocycles. The van der Waals surface area contributed by atoms with Crippen LogP contribution in [0.4, 0.5) is 11.4 Å². The maximum atomic E-state index is 12.3. The van der Waals surface area contributed by atoms with E-state index in [1.54, 1.807) is 11.8 Å². The molecule has 2 rings (SSSR count). The minimum absolute atomic E-state index is 0.00837. The van der Waals surface area contributed by atoms with E-state index in [1.165, 1.54) is 5.56 Å². The zero-order valence-electron chi connectivity index (χ0n) is 17.4. The highest BCUT2D eigenvalue weighted by atomic mass is 32.2. The van der Waals surface area contributed by atoms with Gasteiger partial charge in [0, 0.05) is 17.8 Å². The van der Waals surface area contributed by atoms with Crippen LogP contribution in [0.15, 0.2) is 36.4 Å². The molecule has 0 bridgehead atoms. The van der Waals surface area contributed by atoms with Crippen LogP contribution in [-0.4, -0.2) is 22.8 Å². The summed E-state index contributed by atoms with van der Waals surface area (Å²) in [7, 11) is 0. The van der Waals surface area contributed by atoms with Crippen molar-refractivity contribution >= 4 is 35.0 Å². The number of thioether (sulfide) groups is 1. The molecule has 5 heteroatoms. The Labute approximate surface area is 172 Å². The van der Waals surface area contributed by atoms with Crippen LogP contribution in [0.25, 0.3) is 0 Å². The third-order valence-electron chi connectivity index (χ3n) is 4.51. The molecule has 150 valence electrons. The fourth-order valence-corrected chi connectivity index (χ4v) is 3.99. The van der Waals surface area contributed by atoms with Crippen LogP contribution >= 0.6 is 11.8 Å². The summed E-state index contributed by atoms with van der Waals surface area (Å²) in [5.41, 5.74) is 6.21. The number of carbonyl (C=O) groups is 2. The molecular formula is C23H30N2O2S. The molecule has 0 aromatic heterocycles. The summed E-state index contributed by atoms with van der Waals surface area (Å²) in [4.78, 5) is 24.5. The molecule has 0 radical (unpaired) electrons. The van der Waals surface area contributed by atoms with E-state index >= 15 is 0 Å². The summed E-state index contributed by atoms with van der Waals surface area (Å²) in [6, 6.07) is 11.9. The lowest BCUT2D eigenvalue weighted by atomic mass is 10.0. The van der Waals surface area contributed by atoms with Gasteiger partial charge in [-0.05, 0) is 75.6 Å². The molecule has 0 heterocycles. The minimum Gasteiger partial charge on any atom is -0.326 e. The number of anilines is 2. The number of rotatable bonds is 8. The van der Waals surface area contributed by atoms with E-state index in [0.717, 1.165) is 40.2 Å². The summed E-state index contributed by atoms with van der Waals surface area (Å²) in [5, 5.41) is 5.81.